The van der Waals surface area contributed by atoms with Crippen LogP contribution in [0.5, 0.6) is 0 Å². The Hall–Kier alpha value is -0.640. The van der Waals surface area contributed by atoms with Gasteiger partial charge in [-0.15, -0.1) is 0 Å². The third kappa shape index (κ3) is 3.78. The highest BCUT2D eigenvalue weighted by Crippen LogP contribution is 2.24. The van der Waals surface area contributed by atoms with Gasteiger partial charge in [-0.25, -0.2) is 4.39 Å². The number of hydrogen-bond acceptors (Lipinski definition) is 2. The summed E-state index contributed by atoms with van der Waals surface area (Å²) in [5.74, 6) is -0.175. The quantitative estimate of drug-likeness (QED) is 0.750. The number of hydrogen-bond donors (Lipinski definition) is 2. The molecule has 2 N–H and O–H groups in total. The lowest BCUT2D eigenvalue weighted by Crippen LogP contribution is -2.45. The standard InChI is InChI=1S/C11H20FNO2/c1-11(2,12)10(15)13-9-5-3-8(7-14)4-6-9/h8-9,14H,3-7H2,1-2H3,(H,13,15). The zero-order chi connectivity index (χ0) is 11.5. The zero-order valence-electron chi connectivity index (χ0n) is 9.42. The second kappa shape index (κ2) is 4.92. The van der Waals surface area contributed by atoms with Crippen molar-refractivity contribution in [3.63, 3.8) is 0 Å². The molecule has 1 saturated carbocycles. The van der Waals surface area contributed by atoms with E-state index in [0.717, 1.165) is 25.7 Å². The number of rotatable bonds is 3. The van der Waals surface area contributed by atoms with E-state index in [1.165, 1.54) is 13.8 Å². The van der Waals surface area contributed by atoms with Gasteiger partial charge in [0, 0.05) is 12.6 Å². The Bertz CT molecular complexity index is 217. The molecule has 0 aromatic carbocycles. The Morgan fingerprint density at radius 3 is 2.33 bits per heavy atom. The van der Waals surface area contributed by atoms with Crippen molar-refractivity contribution >= 4 is 5.91 Å². The molecule has 4 heteroatoms. The number of nitrogens with one attached hydrogen (secondary N) is 1. The molecule has 1 aliphatic carbocycles. The summed E-state index contributed by atoms with van der Waals surface area (Å²) in [6.07, 6.45) is 3.50. The Labute approximate surface area is 90.1 Å². The van der Waals surface area contributed by atoms with E-state index < -0.39 is 11.6 Å². The van der Waals surface area contributed by atoms with Crippen LogP contribution >= 0.6 is 0 Å². The number of amides is 1. The molecule has 0 atom stereocenters. The Balaban J connectivity index is 2.33. The topological polar surface area (TPSA) is 49.3 Å². The highest BCUT2D eigenvalue weighted by Gasteiger charge is 2.30. The summed E-state index contributed by atoms with van der Waals surface area (Å²) in [7, 11) is 0. The van der Waals surface area contributed by atoms with Crippen LogP contribution in [-0.4, -0.2) is 29.3 Å². The van der Waals surface area contributed by atoms with Gasteiger partial charge in [-0.05, 0) is 45.4 Å². The van der Waals surface area contributed by atoms with Gasteiger partial charge in [0.1, 0.15) is 0 Å². The van der Waals surface area contributed by atoms with Crippen molar-refractivity contribution in [2.24, 2.45) is 5.92 Å². The molecule has 88 valence electrons. The van der Waals surface area contributed by atoms with E-state index in [9.17, 15) is 9.18 Å². The van der Waals surface area contributed by atoms with Crippen molar-refractivity contribution in [3.8, 4) is 0 Å². The maximum absolute atomic E-state index is 13.2. The third-order valence-corrected chi connectivity index (χ3v) is 2.98. The maximum Gasteiger partial charge on any atom is 0.257 e. The van der Waals surface area contributed by atoms with E-state index in [-0.39, 0.29) is 12.6 Å². The Morgan fingerprint density at radius 1 is 1.40 bits per heavy atom. The van der Waals surface area contributed by atoms with Crippen molar-refractivity contribution in [3.05, 3.63) is 0 Å². The summed E-state index contributed by atoms with van der Waals surface area (Å²) < 4.78 is 13.2. The summed E-state index contributed by atoms with van der Waals surface area (Å²) in [5, 5.41) is 11.6. The van der Waals surface area contributed by atoms with Gasteiger partial charge in [-0.1, -0.05) is 0 Å². The molecule has 0 unspecified atom stereocenters. The highest BCUT2D eigenvalue weighted by molar-refractivity contribution is 5.84. The fourth-order valence-electron chi connectivity index (χ4n) is 1.85. The molecule has 1 amide bonds. The van der Waals surface area contributed by atoms with Crippen molar-refractivity contribution in [1.82, 2.24) is 5.32 Å². The zero-order valence-corrected chi connectivity index (χ0v) is 9.42. The van der Waals surface area contributed by atoms with E-state index >= 15 is 0 Å². The van der Waals surface area contributed by atoms with E-state index in [1.54, 1.807) is 0 Å². The van der Waals surface area contributed by atoms with Crippen LogP contribution in [0.2, 0.25) is 0 Å². The van der Waals surface area contributed by atoms with E-state index in [1.807, 2.05) is 0 Å². The van der Waals surface area contributed by atoms with Crippen LogP contribution in [-0.2, 0) is 4.79 Å². The van der Waals surface area contributed by atoms with Crippen molar-refractivity contribution in [2.45, 2.75) is 51.2 Å². The van der Waals surface area contributed by atoms with Gasteiger partial charge in [0.25, 0.3) is 5.91 Å². The van der Waals surface area contributed by atoms with Gasteiger partial charge in [0.05, 0.1) is 0 Å². The average Bonchev–Trinajstić information content (AvgIpc) is 2.17. The molecule has 1 fully saturated rings. The van der Waals surface area contributed by atoms with Gasteiger partial charge in [0.15, 0.2) is 5.67 Å². The van der Waals surface area contributed by atoms with Gasteiger partial charge < -0.3 is 10.4 Å². The average molecular weight is 217 g/mol. The number of halogens is 1. The minimum absolute atomic E-state index is 0.0790. The van der Waals surface area contributed by atoms with Crippen molar-refractivity contribution < 1.29 is 14.3 Å². The Kier molecular flexibility index (Phi) is 4.08. The first-order valence-corrected chi connectivity index (χ1v) is 5.54. The minimum Gasteiger partial charge on any atom is -0.396 e. The van der Waals surface area contributed by atoms with Gasteiger partial charge >= 0.3 is 0 Å². The largest absolute Gasteiger partial charge is 0.396 e. The number of alkyl halides is 1. The summed E-state index contributed by atoms with van der Waals surface area (Å²) in [5.41, 5.74) is -1.80. The SMILES string of the molecule is CC(C)(F)C(=O)NC1CCC(CO)CC1. The predicted octanol–water partition coefficient (Wildman–Crippen LogP) is 1.40. The number of aliphatic hydroxyl groups is 1. The molecule has 15 heavy (non-hydrogen) atoms. The van der Waals surface area contributed by atoms with Crippen molar-refractivity contribution in [1.29, 1.82) is 0 Å². The third-order valence-electron chi connectivity index (χ3n) is 2.98. The van der Waals surface area contributed by atoms with Crippen LogP contribution in [0.1, 0.15) is 39.5 Å². The molecule has 1 aliphatic rings. The second-order valence-corrected chi connectivity index (χ2v) is 4.85. The molecule has 0 radical (unpaired) electrons. The first kappa shape index (κ1) is 12.4. The number of carbonyl (C=O) groups excluding carboxylic acids is 1. The molecule has 1 rings (SSSR count). The molecule has 0 spiro atoms. The molecule has 0 aromatic heterocycles. The molecule has 0 bridgehead atoms. The fourth-order valence-corrected chi connectivity index (χ4v) is 1.85. The van der Waals surface area contributed by atoms with Crippen molar-refractivity contribution in [2.75, 3.05) is 6.61 Å². The smallest absolute Gasteiger partial charge is 0.257 e. The lowest BCUT2D eigenvalue weighted by molar-refractivity contribution is -0.131. The first-order chi connectivity index (χ1) is 6.93. The summed E-state index contributed by atoms with van der Waals surface area (Å²) in [6.45, 7) is 2.75. The van der Waals surface area contributed by atoms with E-state index in [2.05, 4.69) is 5.32 Å². The van der Waals surface area contributed by atoms with Crippen LogP contribution in [0.3, 0.4) is 0 Å². The first-order valence-electron chi connectivity index (χ1n) is 5.54. The number of aliphatic hydroxyl groups excluding tert-OH is 1. The molecular weight excluding hydrogens is 197 g/mol. The van der Waals surface area contributed by atoms with Gasteiger partial charge in [0.2, 0.25) is 0 Å². The summed E-state index contributed by atoms with van der Waals surface area (Å²) in [6, 6.07) is 0.0790. The summed E-state index contributed by atoms with van der Waals surface area (Å²) in [4.78, 5) is 11.3. The lowest BCUT2D eigenvalue weighted by atomic mass is 9.86. The molecule has 0 aliphatic heterocycles. The van der Waals surface area contributed by atoms with Crippen LogP contribution in [0.4, 0.5) is 4.39 Å². The normalized spacial score (nSPS) is 27.5. The van der Waals surface area contributed by atoms with Gasteiger partial charge in [-0.2, -0.15) is 0 Å². The van der Waals surface area contributed by atoms with E-state index in [4.69, 9.17) is 5.11 Å². The fraction of sp³-hybridized carbons (Fsp3) is 0.909. The molecular formula is C11H20FNO2. The highest BCUT2D eigenvalue weighted by atomic mass is 19.1. The number of carbonyl (C=O) groups is 1. The van der Waals surface area contributed by atoms with Crippen LogP contribution in [0, 0.1) is 5.92 Å². The summed E-state index contributed by atoms with van der Waals surface area (Å²) >= 11 is 0. The molecule has 0 saturated heterocycles. The molecule has 3 nitrogen and oxygen atoms in total. The lowest BCUT2D eigenvalue weighted by Gasteiger charge is -2.29. The molecule has 0 aromatic rings. The van der Waals surface area contributed by atoms with Crippen LogP contribution in [0.25, 0.3) is 0 Å². The van der Waals surface area contributed by atoms with Crippen LogP contribution < -0.4 is 5.32 Å². The van der Waals surface area contributed by atoms with Crippen LogP contribution in [0.15, 0.2) is 0 Å². The second-order valence-electron chi connectivity index (χ2n) is 4.85. The van der Waals surface area contributed by atoms with Gasteiger partial charge in [-0.3, -0.25) is 4.79 Å². The minimum atomic E-state index is -1.80. The van der Waals surface area contributed by atoms with E-state index in [0.29, 0.717) is 5.92 Å². The molecule has 0 heterocycles. The maximum atomic E-state index is 13.2. The Morgan fingerprint density at radius 2 is 1.93 bits per heavy atom. The predicted molar refractivity (Wildman–Crippen MR) is 56.2 cm³/mol. The monoisotopic (exact) mass is 217 g/mol.